The largest absolute Gasteiger partial charge is 0.394 e. The van der Waals surface area contributed by atoms with Crippen LogP contribution in [0.1, 0.15) is 12.6 Å². The van der Waals surface area contributed by atoms with Crippen LogP contribution >= 0.6 is 0 Å². The van der Waals surface area contributed by atoms with Crippen LogP contribution in [0.5, 0.6) is 0 Å². The summed E-state index contributed by atoms with van der Waals surface area (Å²) in [7, 11) is 1.78. The normalized spacial score (nSPS) is 10.1. The first-order valence-corrected chi connectivity index (χ1v) is 4.85. The van der Waals surface area contributed by atoms with Crippen LogP contribution in [0.15, 0.2) is 0 Å². The van der Waals surface area contributed by atoms with Crippen molar-refractivity contribution in [2.45, 2.75) is 13.8 Å². The molecular weight excluding hydrogens is 194 g/mol. The summed E-state index contributed by atoms with van der Waals surface area (Å²) < 4.78 is 1.63. The van der Waals surface area contributed by atoms with Crippen LogP contribution in [0.2, 0.25) is 0 Å². The molecule has 0 aliphatic heterocycles. The molecule has 0 fully saturated rings. The molecule has 15 heavy (non-hydrogen) atoms. The second kappa shape index (κ2) is 4.68. The van der Waals surface area contributed by atoms with Gasteiger partial charge in [0.1, 0.15) is 5.82 Å². The number of rotatable bonds is 4. The van der Waals surface area contributed by atoms with E-state index in [2.05, 4.69) is 15.7 Å². The number of nitrogens with one attached hydrogen (secondary N) is 2. The van der Waals surface area contributed by atoms with E-state index in [9.17, 15) is 4.79 Å². The average molecular weight is 211 g/mol. The van der Waals surface area contributed by atoms with Gasteiger partial charge in [0, 0.05) is 13.6 Å². The standard InChI is InChI=1S/C9H17N5O/c1-4-11-7(15)5-12-9-8(10)6(2)13-14(9)3/h12H,4-5,10H2,1-3H3,(H,11,15). The highest BCUT2D eigenvalue weighted by Crippen LogP contribution is 2.20. The third-order valence-corrected chi connectivity index (χ3v) is 2.06. The van der Waals surface area contributed by atoms with Crippen LogP contribution in [0.25, 0.3) is 0 Å². The number of carbonyl (C=O) groups is 1. The zero-order chi connectivity index (χ0) is 11.4. The number of nitrogens with two attached hydrogens (primary N) is 1. The molecule has 1 aromatic rings. The second-order valence-corrected chi connectivity index (χ2v) is 3.28. The Kier molecular flexibility index (Phi) is 3.54. The number of likely N-dealkylation sites (N-methyl/N-ethyl adjacent to an activating group) is 1. The number of aromatic nitrogens is 2. The van der Waals surface area contributed by atoms with Gasteiger partial charge in [-0.1, -0.05) is 0 Å². The minimum Gasteiger partial charge on any atom is -0.394 e. The third-order valence-electron chi connectivity index (χ3n) is 2.06. The number of carbonyl (C=O) groups excluding carboxylic acids is 1. The lowest BCUT2D eigenvalue weighted by molar-refractivity contribution is -0.119. The van der Waals surface area contributed by atoms with E-state index >= 15 is 0 Å². The predicted octanol–water partition coefficient (Wildman–Crippen LogP) is -0.141. The molecular formula is C9H17N5O. The summed E-state index contributed by atoms with van der Waals surface area (Å²) in [6.07, 6.45) is 0. The minimum absolute atomic E-state index is 0.0595. The van der Waals surface area contributed by atoms with Gasteiger partial charge in [0.2, 0.25) is 5.91 Å². The van der Waals surface area contributed by atoms with Gasteiger partial charge in [-0.2, -0.15) is 5.10 Å². The van der Waals surface area contributed by atoms with Crippen molar-refractivity contribution in [3.8, 4) is 0 Å². The maximum absolute atomic E-state index is 11.2. The van der Waals surface area contributed by atoms with Crippen molar-refractivity contribution < 1.29 is 4.79 Å². The molecule has 0 radical (unpaired) electrons. The molecule has 0 atom stereocenters. The number of nitrogen functional groups attached to an aromatic ring is 1. The molecule has 6 nitrogen and oxygen atoms in total. The Morgan fingerprint density at radius 3 is 2.73 bits per heavy atom. The molecule has 1 amide bonds. The van der Waals surface area contributed by atoms with Crippen LogP contribution in [-0.4, -0.2) is 28.8 Å². The lowest BCUT2D eigenvalue weighted by Gasteiger charge is -2.07. The number of nitrogens with zero attached hydrogens (tertiary/aromatic N) is 2. The fraction of sp³-hybridized carbons (Fsp3) is 0.556. The Bertz CT molecular complexity index is 358. The van der Waals surface area contributed by atoms with Gasteiger partial charge in [-0.05, 0) is 13.8 Å². The summed E-state index contributed by atoms with van der Waals surface area (Å²) in [5, 5.41) is 9.77. The van der Waals surface area contributed by atoms with E-state index < -0.39 is 0 Å². The predicted molar refractivity (Wildman–Crippen MR) is 59.5 cm³/mol. The molecule has 0 spiro atoms. The Balaban J connectivity index is 2.61. The van der Waals surface area contributed by atoms with E-state index in [1.54, 1.807) is 11.7 Å². The van der Waals surface area contributed by atoms with E-state index in [-0.39, 0.29) is 12.5 Å². The maximum Gasteiger partial charge on any atom is 0.239 e. The van der Waals surface area contributed by atoms with Gasteiger partial charge in [-0.15, -0.1) is 0 Å². The molecule has 0 saturated carbocycles. The van der Waals surface area contributed by atoms with Crippen LogP contribution < -0.4 is 16.4 Å². The summed E-state index contributed by atoms with van der Waals surface area (Å²) in [4.78, 5) is 11.2. The lowest BCUT2D eigenvalue weighted by Crippen LogP contribution is -2.30. The van der Waals surface area contributed by atoms with Crippen molar-refractivity contribution in [2.75, 3.05) is 24.1 Å². The van der Waals surface area contributed by atoms with Gasteiger partial charge in [-0.25, -0.2) is 0 Å². The number of anilines is 2. The molecule has 6 heteroatoms. The fourth-order valence-electron chi connectivity index (χ4n) is 1.31. The third kappa shape index (κ3) is 2.61. The van der Waals surface area contributed by atoms with Crippen molar-refractivity contribution in [3.63, 3.8) is 0 Å². The monoisotopic (exact) mass is 211 g/mol. The molecule has 1 heterocycles. The quantitative estimate of drug-likeness (QED) is 0.647. The van der Waals surface area contributed by atoms with Gasteiger partial charge in [0.25, 0.3) is 0 Å². The maximum atomic E-state index is 11.2. The van der Waals surface area contributed by atoms with E-state index in [1.807, 2.05) is 13.8 Å². The number of hydrogen-bond acceptors (Lipinski definition) is 4. The minimum atomic E-state index is -0.0595. The molecule has 4 N–H and O–H groups in total. The summed E-state index contributed by atoms with van der Waals surface area (Å²) in [6, 6.07) is 0. The van der Waals surface area contributed by atoms with Gasteiger partial charge >= 0.3 is 0 Å². The van der Waals surface area contributed by atoms with E-state index in [1.165, 1.54) is 0 Å². The molecule has 0 aliphatic carbocycles. The van der Waals surface area contributed by atoms with Crippen LogP contribution in [0.4, 0.5) is 11.5 Å². The van der Waals surface area contributed by atoms with E-state index in [0.717, 1.165) is 5.69 Å². The number of amides is 1. The highest BCUT2D eigenvalue weighted by atomic mass is 16.1. The second-order valence-electron chi connectivity index (χ2n) is 3.28. The highest BCUT2D eigenvalue weighted by molar-refractivity contribution is 5.81. The molecule has 0 saturated heterocycles. The van der Waals surface area contributed by atoms with E-state index in [4.69, 9.17) is 5.73 Å². The molecule has 0 aliphatic rings. The molecule has 0 bridgehead atoms. The fourth-order valence-corrected chi connectivity index (χ4v) is 1.31. The first kappa shape index (κ1) is 11.4. The highest BCUT2D eigenvalue weighted by Gasteiger charge is 2.10. The Labute approximate surface area is 88.8 Å². The number of aryl methyl sites for hydroxylation is 2. The molecule has 1 rings (SSSR count). The zero-order valence-corrected chi connectivity index (χ0v) is 9.29. The molecule has 1 aromatic heterocycles. The summed E-state index contributed by atoms with van der Waals surface area (Å²) >= 11 is 0. The number of hydrogen-bond donors (Lipinski definition) is 3. The zero-order valence-electron chi connectivity index (χ0n) is 9.29. The SMILES string of the molecule is CCNC(=O)CNc1c(N)c(C)nn1C. The van der Waals surface area contributed by atoms with Crippen LogP contribution in [0, 0.1) is 6.92 Å². The van der Waals surface area contributed by atoms with Crippen LogP contribution in [-0.2, 0) is 11.8 Å². The molecule has 84 valence electrons. The van der Waals surface area contributed by atoms with Crippen molar-refractivity contribution in [1.29, 1.82) is 0 Å². The van der Waals surface area contributed by atoms with Crippen molar-refractivity contribution in [1.82, 2.24) is 15.1 Å². The van der Waals surface area contributed by atoms with Crippen molar-refractivity contribution >= 4 is 17.4 Å². The summed E-state index contributed by atoms with van der Waals surface area (Å²) in [6.45, 7) is 4.53. The van der Waals surface area contributed by atoms with E-state index in [0.29, 0.717) is 18.1 Å². The first-order chi connectivity index (χ1) is 7.06. The first-order valence-electron chi connectivity index (χ1n) is 4.85. The van der Waals surface area contributed by atoms with Gasteiger partial charge < -0.3 is 16.4 Å². The Morgan fingerprint density at radius 1 is 1.60 bits per heavy atom. The van der Waals surface area contributed by atoms with Gasteiger partial charge in [0.15, 0.2) is 0 Å². The molecule has 0 aromatic carbocycles. The summed E-state index contributed by atoms with van der Waals surface area (Å²) in [5.74, 6) is 0.620. The Morgan fingerprint density at radius 2 is 2.27 bits per heavy atom. The summed E-state index contributed by atoms with van der Waals surface area (Å²) in [5.41, 5.74) is 7.13. The van der Waals surface area contributed by atoms with Gasteiger partial charge in [0.05, 0.1) is 17.9 Å². The lowest BCUT2D eigenvalue weighted by atomic mass is 10.4. The van der Waals surface area contributed by atoms with Gasteiger partial charge in [-0.3, -0.25) is 9.48 Å². The van der Waals surface area contributed by atoms with Crippen molar-refractivity contribution in [2.24, 2.45) is 7.05 Å². The Hall–Kier alpha value is -1.72. The van der Waals surface area contributed by atoms with Crippen LogP contribution in [0.3, 0.4) is 0 Å². The topological polar surface area (TPSA) is 85.0 Å². The molecule has 0 unspecified atom stereocenters. The van der Waals surface area contributed by atoms with Crippen molar-refractivity contribution in [3.05, 3.63) is 5.69 Å². The smallest absolute Gasteiger partial charge is 0.239 e. The average Bonchev–Trinajstić information content (AvgIpc) is 2.40.